The largest absolute Gasteiger partial charge is 0.373 e. The van der Waals surface area contributed by atoms with Crippen molar-refractivity contribution in [3.8, 4) is 0 Å². The van der Waals surface area contributed by atoms with Crippen molar-refractivity contribution in [3.05, 3.63) is 29.6 Å². The summed E-state index contributed by atoms with van der Waals surface area (Å²) in [6.45, 7) is 2.20. The molecule has 5 heteroatoms. The van der Waals surface area contributed by atoms with E-state index >= 15 is 0 Å². The second-order valence-electron chi connectivity index (χ2n) is 8.01. The van der Waals surface area contributed by atoms with Crippen LogP contribution >= 0.6 is 0 Å². The topological polar surface area (TPSA) is 68.5 Å². The van der Waals surface area contributed by atoms with Crippen LogP contribution in [0.3, 0.4) is 0 Å². The number of carbonyl (C=O) groups excluding carboxylic acids is 1. The van der Waals surface area contributed by atoms with E-state index in [1.807, 2.05) is 19.2 Å². The number of nitrogens with two attached hydrogens (primary N) is 1. The first-order valence-corrected chi connectivity index (χ1v) is 9.70. The number of carbonyl (C=O) groups is 1. The molecule has 4 rings (SSSR count). The van der Waals surface area contributed by atoms with E-state index < -0.39 is 5.91 Å². The normalized spacial score (nSPS) is 33.5. The van der Waals surface area contributed by atoms with Crippen LogP contribution < -0.4 is 5.73 Å². The number of amides is 1. The average molecular weight is 343 g/mol. The van der Waals surface area contributed by atoms with E-state index in [2.05, 4.69) is 9.88 Å². The van der Waals surface area contributed by atoms with Gasteiger partial charge in [-0.05, 0) is 43.4 Å². The molecule has 0 spiro atoms. The van der Waals surface area contributed by atoms with Gasteiger partial charge in [0.1, 0.15) is 11.3 Å². The molecule has 2 heterocycles. The molecule has 0 unspecified atom stereocenters. The van der Waals surface area contributed by atoms with Crippen molar-refractivity contribution in [2.24, 2.45) is 17.6 Å². The molecular formula is C20H29N3O2. The molecule has 136 valence electrons. The molecule has 2 bridgehead atoms. The van der Waals surface area contributed by atoms with Crippen molar-refractivity contribution in [1.82, 2.24) is 9.88 Å². The molecule has 25 heavy (non-hydrogen) atoms. The number of aromatic nitrogens is 1. The maximum absolute atomic E-state index is 11.6. The number of pyridine rings is 1. The molecule has 2 aliphatic carbocycles. The van der Waals surface area contributed by atoms with Crippen molar-refractivity contribution >= 4 is 5.91 Å². The van der Waals surface area contributed by atoms with Gasteiger partial charge < -0.3 is 10.5 Å². The number of rotatable bonds is 4. The molecule has 1 aromatic heterocycles. The molecule has 2 N–H and O–H groups in total. The van der Waals surface area contributed by atoms with Crippen LogP contribution in [-0.2, 0) is 10.3 Å². The molecule has 2 saturated carbocycles. The molecule has 1 aliphatic heterocycles. The quantitative estimate of drug-likeness (QED) is 0.913. The van der Waals surface area contributed by atoms with Crippen LogP contribution in [0.25, 0.3) is 0 Å². The molecular weight excluding hydrogens is 314 g/mol. The van der Waals surface area contributed by atoms with E-state index in [1.54, 1.807) is 6.20 Å². The average Bonchev–Trinajstić information content (AvgIpc) is 3.15. The SMILES string of the molecule is CO[C@@]1(c2ccnc(C(N)=O)c2)[C@@H]2CCC[C@H]1CN(C1CCCC1)C2. The lowest BCUT2D eigenvalue weighted by atomic mass is 9.62. The van der Waals surface area contributed by atoms with Crippen molar-refractivity contribution in [3.63, 3.8) is 0 Å². The molecule has 3 fully saturated rings. The van der Waals surface area contributed by atoms with Crippen LogP contribution in [-0.4, -0.2) is 42.0 Å². The first-order valence-electron chi connectivity index (χ1n) is 9.70. The van der Waals surface area contributed by atoms with Crippen molar-refractivity contribution in [2.45, 2.75) is 56.6 Å². The van der Waals surface area contributed by atoms with Gasteiger partial charge in [-0.3, -0.25) is 14.7 Å². The predicted octanol–water partition coefficient (Wildman–Crippen LogP) is 2.70. The molecule has 0 aromatic carbocycles. The number of primary amides is 1. The van der Waals surface area contributed by atoms with Gasteiger partial charge in [-0.15, -0.1) is 0 Å². The Hall–Kier alpha value is -1.46. The van der Waals surface area contributed by atoms with Crippen LogP contribution in [0, 0.1) is 11.8 Å². The van der Waals surface area contributed by atoms with Gasteiger partial charge in [0.05, 0.1) is 0 Å². The van der Waals surface area contributed by atoms with Crippen LogP contribution in [0.2, 0.25) is 0 Å². The van der Waals surface area contributed by atoms with E-state index in [1.165, 1.54) is 44.9 Å². The molecule has 1 amide bonds. The van der Waals surface area contributed by atoms with Gasteiger partial charge in [-0.1, -0.05) is 19.3 Å². The highest BCUT2D eigenvalue weighted by Gasteiger charge is 2.54. The molecule has 3 aliphatic rings. The molecule has 1 aromatic rings. The maximum Gasteiger partial charge on any atom is 0.267 e. The lowest BCUT2D eigenvalue weighted by Crippen LogP contribution is -2.60. The number of methoxy groups -OCH3 is 1. The van der Waals surface area contributed by atoms with Gasteiger partial charge >= 0.3 is 0 Å². The number of hydrogen-bond donors (Lipinski definition) is 1. The van der Waals surface area contributed by atoms with E-state index in [9.17, 15) is 4.79 Å². The standard InChI is InChI=1S/C20H29N3O2/c1-25-20(14-9-10-22-18(11-14)19(21)24)15-5-4-6-16(20)13-23(12-15)17-7-2-3-8-17/h9-11,15-17H,2-8,12-13H2,1H3,(H2,21,24)/t15-,16+,20+. The number of ether oxygens (including phenoxy) is 1. The fourth-order valence-electron chi connectivity index (χ4n) is 5.77. The summed E-state index contributed by atoms with van der Waals surface area (Å²) < 4.78 is 6.27. The van der Waals surface area contributed by atoms with Crippen molar-refractivity contribution < 1.29 is 9.53 Å². The van der Waals surface area contributed by atoms with Crippen LogP contribution in [0.5, 0.6) is 0 Å². The fraction of sp³-hybridized carbons (Fsp3) is 0.700. The Morgan fingerprint density at radius 2 is 1.88 bits per heavy atom. The number of likely N-dealkylation sites (tertiary alicyclic amines) is 1. The van der Waals surface area contributed by atoms with Crippen molar-refractivity contribution in [2.75, 3.05) is 20.2 Å². The maximum atomic E-state index is 11.6. The minimum atomic E-state index is -0.471. The summed E-state index contributed by atoms with van der Waals surface area (Å²) in [6, 6.07) is 4.64. The molecule has 5 nitrogen and oxygen atoms in total. The highest BCUT2D eigenvalue weighted by molar-refractivity contribution is 5.90. The molecule has 0 radical (unpaired) electrons. The minimum Gasteiger partial charge on any atom is -0.373 e. The zero-order valence-corrected chi connectivity index (χ0v) is 15.1. The predicted molar refractivity (Wildman–Crippen MR) is 96.1 cm³/mol. The Morgan fingerprint density at radius 1 is 1.20 bits per heavy atom. The second kappa shape index (κ2) is 6.69. The van der Waals surface area contributed by atoms with Gasteiger partial charge in [0, 0.05) is 44.3 Å². The summed E-state index contributed by atoms with van der Waals surface area (Å²) >= 11 is 0. The third-order valence-electron chi connectivity index (χ3n) is 6.87. The first-order chi connectivity index (χ1) is 12.1. The number of fused-ring (bicyclic) bond motifs is 2. The Morgan fingerprint density at radius 3 is 2.48 bits per heavy atom. The zero-order chi connectivity index (χ0) is 17.4. The number of hydrogen-bond acceptors (Lipinski definition) is 4. The minimum absolute atomic E-state index is 0.305. The zero-order valence-electron chi connectivity index (χ0n) is 15.1. The summed E-state index contributed by atoms with van der Waals surface area (Å²) in [5.74, 6) is 0.462. The Kier molecular flexibility index (Phi) is 4.54. The number of piperidine rings is 1. The summed E-state index contributed by atoms with van der Waals surface area (Å²) in [7, 11) is 1.83. The summed E-state index contributed by atoms with van der Waals surface area (Å²) in [6.07, 6.45) is 10.8. The van der Waals surface area contributed by atoms with Crippen LogP contribution in [0.15, 0.2) is 18.3 Å². The fourth-order valence-corrected chi connectivity index (χ4v) is 5.77. The van der Waals surface area contributed by atoms with Gasteiger partial charge in [0.2, 0.25) is 0 Å². The van der Waals surface area contributed by atoms with Crippen LogP contribution in [0.4, 0.5) is 0 Å². The lowest BCUT2D eigenvalue weighted by Gasteiger charge is -2.56. The molecule has 1 saturated heterocycles. The highest BCUT2D eigenvalue weighted by Crippen LogP contribution is 2.52. The van der Waals surface area contributed by atoms with Crippen molar-refractivity contribution in [1.29, 1.82) is 0 Å². The lowest BCUT2D eigenvalue weighted by molar-refractivity contribution is -0.174. The highest BCUT2D eigenvalue weighted by atomic mass is 16.5. The van der Waals surface area contributed by atoms with Gasteiger partial charge in [0.15, 0.2) is 0 Å². The monoisotopic (exact) mass is 343 g/mol. The van der Waals surface area contributed by atoms with Gasteiger partial charge in [-0.25, -0.2) is 0 Å². The van der Waals surface area contributed by atoms with Gasteiger partial charge in [-0.2, -0.15) is 0 Å². The van der Waals surface area contributed by atoms with E-state index in [0.717, 1.165) is 24.7 Å². The molecule has 3 atom stereocenters. The Bertz CT molecular complexity index is 628. The number of nitrogens with zero attached hydrogens (tertiary/aromatic N) is 2. The van der Waals surface area contributed by atoms with E-state index in [4.69, 9.17) is 10.5 Å². The third-order valence-corrected chi connectivity index (χ3v) is 6.87. The smallest absolute Gasteiger partial charge is 0.267 e. The second-order valence-corrected chi connectivity index (χ2v) is 8.01. The van der Waals surface area contributed by atoms with E-state index in [-0.39, 0.29) is 5.60 Å². The van der Waals surface area contributed by atoms with Crippen LogP contribution in [0.1, 0.15) is 61.0 Å². The summed E-state index contributed by atoms with van der Waals surface area (Å²) in [4.78, 5) is 18.5. The third kappa shape index (κ3) is 2.77. The first kappa shape index (κ1) is 17.0. The summed E-state index contributed by atoms with van der Waals surface area (Å²) in [5.41, 5.74) is 6.58. The van der Waals surface area contributed by atoms with Gasteiger partial charge in [0.25, 0.3) is 5.91 Å². The Balaban J connectivity index is 1.69. The van der Waals surface area contributed by atoms with E-state index in [0.29, 0.717) is 17.5 Å². The Labute approximate surface area is 149 Å². The summed E-state index contributed by atoms with van der Waals surface area (Å²) in [5, 5.41) is 0.